The Morgan fingerprint density at radius 3 is 2.52 bits per heavy atom. The Kier molecular flexibility index (Phi) is 4.20. The summed E-state index contributed by atoms with van der Waals surface area (Å²) in [7, 11) is 0. The predicted molar refractivity (Wildman–Crippen MR) is 92.4 cm³/mol. The van der Waals surface area contributed by atoms with Gasteiger partial charge in [-0.3, -0.25) is 4.90 Å². The summed E-state index contributed by atoms with van der Waals surface area (Å²) in [6, 6.07) is 3.35. The van der Waals surface area contributed by atoms with Gasteiger partial charge in [0.1, 0.15) is 11.4 Å². The Morgan fingerprint density at radius 2 is 1.91 bits per heavy atom. The van der Waals surface area contributed by atoms with Gasteiger partial charge < -0.3 is 4.74 Å². The smallest absolute Gasteiger partial charge is 0.414 e. The summed E-state index contributed by atoms with van der Waals surface area (Å²) in [4.78, 5) is 14.3. The molecular formula is C18H23BrFNO2. The van der Waals surface area contributed by atoms with Crippen LogP contribution in [-0.4, -0.2) is 18.2 Å². The van der Waals surface area contributed by atoms with Crippen molar-refractivity contribution >= 4 is 27.7 Å². The first-order valence-corrected chi connectivity index (χ1v) is 9.01. The molecule has 1 saturated carbocycles. The number of fused-ring (bicyclic) bond motifs is 2. The van der Waals surface area contributed by atoms with Crippen LogP contribution in [0.25, 0.3) is 0 Å². The summed E-state index contributed by atoms with van der Waals surface area (Å²) in [6.45, 7) is 6.06. The molecule has 2 aliphatic rings. The summed E-state index contributed by atoms with van der Waals surface area (Å²) in [6.07, 6.45) is 4.81. The molecule has 126 valence electrons. The van der Waals surface area contributed by atoms with Crippen LogP contribution in [0.4, 0.5) is 14.9 Å². The average molecular weight is 384 g/mol. The molecule has 3 rings (SSSR count). The van der Waals surface area contributed by atoms with Crippen LogP contribution in [0.2, 0.25) is 0 Å². The van der Waals surface area contributed by atoms with Gasteiger partial charge in [0.05, 0.1) is 5.69 Å². The molecule has 1 heterocycles. The molecule has 0 bridgehead atoms. The van der Waals surface area contributed by atoms with Gasteiger partial charge in [0, 0.05) is 22.0 Å². The Labute approximate surface area is 145 Å². The number of hydrogen-bond acceptors (Lipinski definition) is 2. The highest BCUT2D eigenvalue weighted by Crippen LogP contribution is 2.51. The molecule has 0 saturated heterocycles. The summed E-state index contributed by atoms with van der Waals surface area (Å²) < 4.78 is 20.9. The zero-order valence-corrected chi connectivity index (χ0v) is 15.5. The summed E-state index contributed by atoms with van der Waals surface area (Å²) in [5, 5.41) is 0. The van der Waals surface area contributed by atoms with E-state index in [0.29, 0.717) is 22.3 Å². The van der Waals surface area contributed by atoms with Crippen molar-refractivity contribution in [2.24, 2.45) is 0 Å². The van der Waals surface area contributed by atoms with Gasteiger partial charge in [0.25, 0.3) is 0 Å². The molecule has 5 heteroatoms. The quantitative estimate of drug-likeness (QED) is 0.587. The molecular weight excluding hydrogens is 361 g/mol. The third-order valence-electron chi connectivity index (χ3n) is 4.74. The summed E-state index contributed by atoms with van der Waals surface area (Å²) >= 11 is 3.35. The second-order valence-electron chi connectivity index (χ2n) is 7.69. The van der Waals surface area contributed by atoms with E-state index in [9.17, 15) is 9.18 Å². The molecule has 1 amide bonds. The number of carbonyl (C=O) groups is 1. The third kappa shape index (κ3) is 3.12. The van der Waals surface area contributed by atoms with Crippen LogP contribution in [0.3, 0.4) is 0 Å². The van der Waals surface area contributed by atoms with E-state index in [0.717, 1.165) is 25.7 Å². The lowest BCUT2D eigenvalue weighted by Crippen LogP contribution is -2.41. The molecule has 0 N–H and O–H groups in total. The van der Waals surface area contributed by atoms with E-state index in [1.807, 2.05) is 26.8 Å². The Morgan fingerprint density at radius 1 is 1.26 bits per heavy atom. The molecule has 0 atom stereocenters. The van der Waals surface area contributed by atoms with E-state index in [4.69, 9.17) is 4.74 Å². The number of nitrogens with zero attached hydrogens (tertiary/aromatic N) is 1. The molecule has 1 aliphatic heterocycles. The summed E-state index contributed by atoms with van der Waals surface area (Å²) in [5.41, 5.74) is 0.540. The largest absolute Gasteiger partial charge is 0.443 e. The maximum absolute atomic E-state index is 14.7. The van der Waals surface area contributed by atoms with Crippen molar-refractivity contribution in [3.8, 4) is 0 Å². The first-order valence-electron chi connectivity index (χ1n) is 8.22. The van der Waals surface area contributed by atoms with Gasteiger partial charge in [-0.25, -0.2) is 9.18 Å². The van der Waals surface area contributed by atoms with Crippen molar-refractivity contribution in [1.82, 2.24) is 0 Å². The molecule has 0 unspecified atom stereocenters. The van der Waals surface area contributed by atoms with Crippen molar-refractivity contribution in [1.29, 1.82) is 0 Å². The van der Waals surface area contributed by atoms with Gasteiger partial charge in [-0.15, -0.1) is 0 Å². The minimum absolute atomic E-state index is 0.220. The molecule has 1 aromatic carbocycles. The summed E-state index contributed by atoms with van der Waals surface area (Å²) in [5.74, 6) is -0.220. The lowest BCUT2D eigenvalue weighted by Gasteiger charge is -2.34. The van der Waals surface area contributed by atoms with E-state index >= 15 is 0 Å². The number of rotatable bonds is 0. The van der Waals surface area contributed by atoms with Crippen molar-refractivity contribution in [3.63, 3.8) is 0 Å². The zero-order valence-electron chi connectivity index (χ0n) is 13.9. The van der Waals surface area contributed by atoms with Crippen molar-refractivity contribution in [2.45, 2.75) is 63.9 Å². The molecule has 0 aromatic heterocycles. The Bertz CT molecular complexity index is 633. The second-order valence-corrected chi connectivity index (χ2v) is 8.60. The monoisotopic (exact) mass is 383 g/mol. The molecule has 1 spiro atoms. The fourth-order valence-corrected chi connectivity index (χ4v) is 4.30. The third-order valence-corrected chi connectivity index (χ3v) is 5.20. The van der Waals surface area contributed by atoms with Crippen LogP contribution in [0.1, 0.15) is 58.4 Å². The average Bonchev–Trinajstić information content (AvgIpc) is 2.72. The van der Waals surface area contributed by atoms with Crippen molar-refractivity contribution in [2.75, 3.05) is 11.4 Å². The van der Waals surface area contributed by atoms with Gasteiger partial charge in [0.2, 0.25) is 0 Å². The minimum atomic E-state index is -0.565. The van der Waals surface area contributed by atoms with E-state index < -0.39 is 11.7 Å². The zero-order chi connectivity index (χ0) is 16.8. The van der Waals surface area contributed by atoms with Crippen molar-refractivity contribution in [3.05, 3.63) is 28.0 Å². The molecule has 23 heavy (non-hydrogen) atoms. The first kappa shape index (κ1) is 16.7. The van der Waals surface area contributed by atoms with Crippen LogP contribution < -0.4 is 4.90 Å². The van der Waals surface area contributed by atoms with Gasteiger partial charge in [-0.2, -0.15) is 0 Å². The standard InChI is InChI=1S/C18H23BrFNO2/c1-17(2,3)23-16(22)21-11-18(7-5-4-6-8-18)15-13(20)9-12(19)10-14(15)21/h9-10H,4-8,11H2,1-3H3. The number of carbonyl (C=O) groups excluding carboxylic acids is 1. The fourth-order valence-electron chi connectivity index (χ4n) is 3.88. The molecule has 0 radical (unpaired) electrons. The van der Waals surface area contributed by atoms with Crippen LogP contribution >= 0.6 is 15.9 Å². The van der Waals surface area contributed by atoms with E-state index in [-0.39, 0.29) is 11.2 Å². The van der Waals surface area contributed by atoms with Crippen LogP contribution in [0.15, 0.2) is 16.6 Å². The normalized spacial score (nSPS) is 19.8. The molecule has 3 nitrogen and oxygen atoms in total. The maximum Gasteiger partial charge on any atom is 0.414 e. The highest BCUT2D eigenvalue weighted by molar-refractivity contribution is 9.10. The lowest BCUT2D eigenvalue weighted by molar-refractivity contribution is 0.0575. The first-order chi connectivity index (χ1) is 10.7. The molecule has 1 aliphatic carbocycles. The number of ether oxygens (including phenoxy) is 1. The minimum Gasteiger partial charge on any atom is -0.443 e. The number of halogens is 2. The van der Waals surface area contributed by atoms with Crippen molar-refractivity contribution < 1.29 is 13.9 Å². The van der Waals surface area contributed by atoms with Gasteiger partial charge in [0.15, 0.2) is 0 Å². The number of benzene rings is 1. The Balaban J connectivity index is 2.04. The van der Waals surface area contributed by atoms with Gasteiger partial charge in [-0.1, -0.05) is 35.2 Å². The molecule has 1 fully saturated rings. The lowest BCUT2D eigenvalue weighted by atomic mass is 9.70. The van der Waals surface area contributed by atoms with Gasteiger partial charge in [-0.05, 0) is 45.7 Å². The van der Waals surface area contributed by atoms with Crippen LogP contribution in [-0.2, 0) is 10.2 Å². The SMILES string of the molecule is CC(C)(C)OC(=O)N1CC2(CCCCC2)c2c(F)cc(Br)cc21. The second kappa shape index (κ2) is 5.76. The van der Waals surface area contributed by atoms with E-state index in [1.54, 1.807) is 4.90 Å². The van der Waals surface area contributed by atoms with Crippen LogP contribution in [0.5, 0.6) is 0 Å². The predicted octanol–water partition coefficient (Wildman–Crippen LogP) is 5.55. The number of amides is 1. The number of anilines is 1. The highest BCUT2D eigenvalue weighted by Gasteiger charge is 2.48. The highest BCUT2D eigenvalue weighted by atomic mass is 79.9. The molecule has 1 aromatic rings. The number of hydrogen-bond donors (Lipinski definition) is 0. The van der Waals surface area contributed by atoms with Gasteiger partial charge >= 0.3 is 6.09 Å². The van der Waals surface area contributed by atoms with Crippen LogP contribution in [0, 0.1) is 5.82 Å². The van der Waals surface area contributed by atoms with E-state index in [2.05, 4.69) is 15.9 Å². The maximum atomic E-state index is 14.7. The topological polar surface area (TPSA) is 29.5 Å². The van der Waals surface area contributed by atoms with E-state index in [1.165, 1.54) is 12.5 Å². The fraction of sp³-hybridized carbons (Fsp3) is 0.611. The Hall–Kier alpha value is -1.10.